The molecule has 0 aliphatic rings. The number of carbonyl (C=O) groups excluding carboxylic acids is 2. The van der Waals surface area contributed by atoms with Gasteiger partial charge in [-0.3, -0.25) is 9.59 Å². The predicted molar refractivity (Wildman–Crippen MR) is 78.7 cm³/mol. The molecule has 0 aromatic rings. The Morgan fingerprint density at radius 2 is 1.37 bits per heavy atom. The molecule has 0 spiro atoms. The van der Waals surface area contributed by atoms with E-state index in [2.05, 4.69) is 46.9 Å². The molecule has 0 aliphatic carbocycles. The average Bonchev–Trinajstić information content (AvgIpc) is 2.25. The van der Waals surface area contributed by atoms with Crippen molar-refractivity contribution in [2.24, 2.45) is 17.8 Å². The summed E-state index contributed by atoms with van der Waals surface area (Å²) in [5.74, 6) is 0.392. The van der Waals surface area contributed by atoms with Gasteiger partial charge in [-0.1, -0.05) is 41.5 Å². The van der Waals surface area contributed by atoms with Crippen molar-refractivity contribution in [3.05, 3.63) is 0 Å². The van der Waals surface area contributed by atoms with Crippen LogP contribution in [0, 0.1) is 17.8 Å². The molecule has 112 valence electrons. The molecule has 0 aliphatic heterocycles. The highest BCUT2D eigenvalue weighted by Gasteiger charge is 2.22. The quantitative estimate of drug-likeness (QED) is 0.722. The fourth-order valence-electron chi connectivity index (χ4n) is 1.82. The molecule has 2 amide bonds. The van der Waals surface area contributed by atoms with E-state index in [0.29, 0.717) is 37.4 Å². The Morgan fingerprint density at radius 3 is 1.74 bits per heavy atom. The van der Waals surface area contributed by atoms with Crippen LogP contribution in [0.5, 0.6) is 0 Å². The lowest BCUT2D eigenvalue weighted by molar-refractivity contribution is -0.146. The highest BCUT2D eigenvalue weighted by atomic mass is 16.2. The van der Waals surface area contributed by atoms with Crippen LogP contribution in [0.4, 0.5) is 0 Å². The molecule has 1 N–H and O–H groups in total. The second-order valence-corrected chi connectivity index (χ2v) is 6.44. The molecule has 0 unspecified atom stereocenters. The monoisotopic (exact) mass is 270 g/mol. The third kappa shape index (κ3) is 8.62. The molecule has 0 radical (unpaired) electrons. The molecule has 0 aromatic heterocycles. The molecule has 0 atom stereocenters. The third-order valence-electron chi connectivity index (χ3n) is 2.66. The molecule has 0 aromatic carbocycles. The number of hydrogen-bond acceptors (Lipinski definition) is 2. The molecular weight excluding hydrogens is 240 g/mol. The van der Waals surface area contributed by atoms with Crippen molar-refractivity contribution >= 4 is 11.8 Å². The Morgan fingerprint density at radius 1 is 0.895 bits per heavy atom. The zero-order valence-corrected chi connectivity index (χ0v) is 13.3. The van der Waals surface area contributed by atoms with Gasteiger partial charge in [0.15, 0.2) is 0 Å². The standard InChI is InChI=1S/C15H30N2O2/c1-11(2)7-8-16-14(18)15(19)17(9-12(3)4)10-13(5)6/h11-13H,7-10H2,1-6H3,(H,16,18). The minimum Gasteiger partial charge on any atom is -0.348 e. The highest BCUT2D eigenvalue weighted by Crippen LogP contribution is 2.04. The lowest BCUT2D eigenvalue weighted by Gasteiger charge is -2.25. The summed E-state index contributed by atoms with van der Waals surface area (Å²) in [5, 5.41) is 2.71. The molecule has 0 saturated carbocycles. The summed E-state index contributed by atoms with van der Waals surface area (Å²) in [7, 11) is 0. The van der Waals surface area contributed by atoms with Gasteiger partial charge in [-0.2, -0.15) is 0 Å². The highest BCUT2D eigenvalue weighted by molar-refractivity contribution is 6.35. The van der Waals surface area contributed by atoms with Gasteiger partial charge in [0.1, 0.15) is 0 Å². The summed E-state index contributed by atoms with van der Waals surface area (Å²) in [4.78, 5) is 25.6. The van der Waals surface area contributed by atoms with Gasteiger partial charge < -0.3 is 10.2 Å². The number of hydrogen-bond donors (Lipinski definition) is 1. The SMILES string of the molecule is CC(C)CCNC(=O)C(=O)N(CC(C)C)CC(C)C. The minimum absolute atomic E-state index is 0.367. The van der Waals surface area contributed by atoms with Crippen molar-refractivity contribution in [2.75, 3.05) is 19.6 Å². The molecule has 19 heavy (non-hydrogen) atoms. The topological polar surface area (TPSA) is 49.4 Å². The normalized spacial score (nSPS) is 11.2. The van der Waals surface area contributed by atoms with E-state index >= 15 is 0 Å². The smallest absolute Gasteiger partial charge is 0.311 e. The Bertz CT molecular complexity index is 276. The van der Waals surface area contributed by atoms with Crippen molar-refractivity contribution < 1.29 is 9.59 Å². The van der Waals surface area contributed by atoms with Gasteiger partial charge in [-0.15, -0.1) is 0 Å². The predicted octanol–water partition coefficient (Wildman–Crippen LogP) is 2.29. The van der Waals surface area contributed by atoms with Crippen LogP contribution in [0.15, 0.2) is 0 Å². The van der Waals surface area contributed by atoms with Crippen LogP contribution in [0.25, 0.3) is 0 Å². The van der Waals surface area contributed by atoms with Gasteiger partial charge >= 0.3 is 11.8 Å². The summed E-state index contributed by atoms with van der Waals surface area (Å²) in [6.45, 7) is 14.2. The van der Waals surface area contributed by atoms with Crippen LogP contribution < -0.4 is 5.32 Å². The van der Waals surface area contributed by atoms with E-state index in [1.54, 1.807) is 4.90 Å². The van der Waals surface area contributed by atoms with Crippen LogP contribution in [0.3, 0.4) is 0 Å². The molecule has 0 fully saturated rings. The summed E-state index contributed by atoms with van der Waals surface area (Å²) in [6, 6.07) is 0. The van der Waals surface area contributed by atoms with E-state index in [1.807, 2.05) is 0 Å². The van der Waals surface area contributed by atoms with E-state index in [1.165, 1.54) is 0 Å². The van der Waals surface area contributed by atoms with Gasteiger partial charge in [-0.25, -0.2) is 0 Å². The maximum Gasteiger partial charge on any atom is 0.311 e. The van der Waals surface area contributed by atoms with E-state index in [9.17, 15) is 9.59 Å². The first kappa shape index (κ1) is 17.9. The first-order valence-electron chi connectivity index (χ1n) is 7.31. The maximum atomic E-state index is 12.1. The molecule has 4 nitrogen and oxygen atoms in total. The largest absolute Gasteiger partial charge is 0.348 e. The second-order valence-electron chi connectivity index (χ2n) is 6.44. The summed E-state index contributed by atoms with van der Waals surface area (Å²) in [5.41, 5.74) is 0. The summed E-state index contributed by atoms with van der Waals surface area (Å²) in [6.07, 6.45) is 0.896. The first-order valence-corrected chi connectivity index (χ1v) is 7.31. The Labute approximate surface area is 117 Å². The van der Waals surface area contributed by atoms with Crippen LogP contribution in [0.1, 0.15) is 48.0 Å². The fraction of sp³-hybridized carbons (Fsp3) is 0.867. The fourth-order valence-corrected chi connectivity index (χ4v) is 1.82. The van der Waals surface area contributed by atoms with Crippen molar-refractivity contribution in [1.82, 2.24) is 10.2 Å². The number of nitrogens with zero attached hydrogens (tertiary/aromatic N) is 1. The van der Waals surface area contributed by atoms with E-state index in [-0.39, 0.29) is 0 Å². The van der Waals surface area contributed by atoms with Crippen molar-refractivity contribution in [3.8, 4) is 0 Å². The number of amides is 2. The van der Waals surface area contributed by atoms with Crippen LogP contribution >= 0.6 is 0 Å². The Hall–Kier alpha value is -1.06. The first-order chi connectivity index (χ1) is 8.73. The lowest BCUT2D eigenvalue weighted by Crippen LogP contribution is -2.46. The lowest BCUT2D eigenvalue weighted by atomic mass is 10.1. The summed E-state index contributed by atoms with van der Waals surface area (Å²) >= 11 is 0. The van der Waals surface area contributed by atoms with Gasteiger partial charge in [0, 0.05) is 19.6 Å². The Kier molecular flexibility index (Phi) is 8.44. The maximum absolute atomic E-state index is 12.1. The van der Waals surface area contributed by atoms with Gasteiger partial charge in [0.2, 0.25) is 0 Å². The molecule has 4 heteroatoms. The second kappa shape index (κ2) is 8.94. The zero-order valence-electron chi connectivity index (χ0n) is 13.3. The molecule has 0 saturated heterocycles. The average molecular weight is 270 g/mol. The minimum atomic E-state index is -0.470. The third-order valence-corrected chi connectivity index (χ3v) is 2.66. The van der Waals surface area contributed by atoms with Crippen molar-refractivity contribution in [1.29, 1.82) is 0 Å². The van der Waals surface area contributed by atoms with Gasteiger partial charge in [0.05, 0.1) is 0 Å². The van der Waals surface area contributed by atoms with Crippen LogP contribution in [-0.2, 0) is 9.59 Å². The van der Waals surface area contributed by atoms with E-state index in [4.69, 9.17) is 0 Å². The molecule has 0 bridgehead atoms. The van der Waals surface area contributed by atoms with Gasteiger partial charge in [-0.05, 0) is 24.2 Å². The number of rotatable bonds is 7. The Balaban J connectivity index is 4.39. The zero-order chi connectivity index (χ0) is 15.0. The van der Waals surface area contributed by atoms with E-state index in [0.717, 1.165) is 6.42 Å². The number of carbonyl (C=O) groups is 2. The van der Waals surface area contributed by atoms with Crippen LogP contribution in [-0.4, -0.2) is 36.3 Å². The van der Waals surface area contributed by atoms with Crippen LogP contribution in [0.2, 0.25) is 0 Å². The number of nitrogens with one attached hydrogen (secondary N) is 1. The summed E-state index contributed by atoms with van der Waals surface area (Å²) < 4.78 is 0. The molecular formula is C15H30N2O2. The molecule has 0 rings (SSSR count). The van der Waals surface area contributed by atoms with Crippen molar-refractivity contribution in [2.45, 2.75) is 48.0 Å². The molecule has 0 heterocycles. The van der Waals surface area contributed by atoms with Gasteiger partial charge in [0.25, 0.3) is 0 Å². The van der Waals surface area contributed by atoms with E-state index < -0.39 is 11.8 Å². The van der Waals surface area contributed by atoms with Crippen molar-refractivity contribution in [3.63, 3.8) is 0 Å².